The summed E-state index contributed by atoms with van der Waals surface area (Å²) in [6.07, 6.45) is 3.64. The summed E-state index contributed by atoms with van der Waals surface area (Å²) in [6, 6.07) is 25.7. The SMILES string of the molecule is O=C(O)COC1C=c2ccccc2=c2ccc3c(c21)CCCC=3C(=O)c1ccc(NC(=O)c2ccccc2Cl)cc1. The number of hydrogen-bond acceptors (Lipinski definition) is 4. The number of carboxylic acids is 1. The third-order valence-electron chi connectivity index (χ3n) is 7.59. The standard InChI is InChI=1S/C34H26ClNO5/c35-29-11-4-3-8-28(29)34(40)36-22-14-12-20(13-15-22)33(39)27-10-5-9-25-24(27)16-17-26-23-7-2-1-6-21(23)18-30(32(25)26)41-19-31(37)38/h1-4,6-8,11-18,30H,5,9-10,19H2,(H,36,40)(H,37,38). The summed E-state index contributed by atoms with van der Waals surface area (Å²) in [5.74, 6) is -1.43. The highest BCUT2D eigenvalue weighted by Gasteiger charge is 2.25. The Labute approximate surface area is 240 Å². The van der Waals surface area contributed by atoms with E-state index in [4.69, 9.17) is 16.3 Å². The van der Waals surface area contributed by atoms with Crippen LogP contribution in [0.4, 0.5) is 5.69 Å². The molecule has 1 amide bonds. The molecule has 2 aliphatic carbocycles. The predicted molar refractivity (Wildman–Crippen MR) is 157 cm³/mol. The van der Waals surface area contributed by atoms with Crippen LogP contribution in [0.3, 0.4) is 0 Å². The second-order valence-corrected chi connectivity index (χ2v) is 10.5. The van der Waals surface area contributed by atoms with Crippen molar-refractivity contribution >= 4 is 46.6 Å². The number of hydrogen-bond donors (Lipinski definition) is 2. The molecule has 4 aromatic rings. The molecule has 6 rings (SSSR count). The van der Waals surface area contributed by atoms with Gasteiger partial charge in [-0.1, -0.05) is 60.1 Å². The van der Waals surface area contributed by atoms with E-state index in [1.165, 1.54) is 0 Å². The van der Waals surface area contributed by atoms with Crippen LogP contribution in [0.2, 0.25) is 5.02 Å². The lowest BCUT2D eigenvalue weighted by molar-refractivity contribution is -0.143. The summed E-state index contributed by atoms with van der Waals surface area (Å²) in [5, 5.41) is 16.4. The Morgan fingerprint density at radius 2 is 1.59 bits per heavy atom. The molecule has 2 aliphatic rings. The molecule has 41 heavy (non-hydrogen) atoms. The van der Waals surface area contributed by atoms with Gasteiger partial charge in [0.2, 0.25) is 0 Å². The maximum atomic E-state index is 13.8. The lowest BCUT2D eigenvalue weighted by Crippen LogP contribution is -2.28. The first-order chi connectivity index (χ1) is 19.9. The zero-order valence-electron chi connectivity index (χ0n) is 22.0. The van der Waals surface area contributed by atoms with Crippen molar-refractivity contribution in [3.05, 3.63) is 133 Å². The van der Waals surface area contributed by atoms with Crippen LogP contribution in [0, 0.1) is 10.4 Å². The third kappa shape index (κ3) is 5.20. The zero-order valence-corrected chi connectivity index (χ0v) is 22.8. The van der Waals surface area contributed by atoms with Gasteiger partial charge in [0.1, 0.15) is 12.7 Å². The fourth-order valence-electron chi connectivity index (χ4n) is 5.74. The van der Waals surface area contributed by atoms with Crippen molar-refractivity contribution in [3.63, 3.8) is 0 Å². The lowest BCUT2D eigenvalue weighted by atomic mass is 9.83. The number of fused-ring (bicyclic) bond motifs is 4. The third-order valence-corrected chi connectivity index (χ3v) is 7.92. The number of anilines is 1. The van der Waals surface area contributed by atoms with Gasteiger partial charge in [-0.25, -0.2) is 4.79 Å². The van der Waals surface area contributed by atoms with Gasteiger partial charge in [-0.15, -0.1) is 0 Å². The fraction of sp³-hybridized carbons (Fsp3) is 0.147. The van der Waals surface area contributed by atoms with Crippen LogP contribution in [-0.4, -0.2) is 29.4 Å². The number of carbonyl (C=O) groups is 3. The number of nitrogens with one attached hydrogen (secondary N) is 1. The van der Waals surface area contributed by atoms with Gasteiger partial charge in [-0.3, -0.25) is 9.59 Å². The van der Waals surface area contributed by atoms with E-state index in [0.29, 0.717) is 28.3 Å². The van der Waals surface area contributed by atoms with Gasteiger partial charge in [0, 0.05) is 16.8 Å². The molecular formula is C34H26ClNO5. The van der Waals surface area contributed by atoms with Crippen LogP contribution in [0.1, 0.15) is 50.8 Å². The summed E-state index contributed by atoms with van der Waals surface area (Å²) in [4.78, 5) is 37.7. The number of ether oxygens (including phenoxy) is 1. The van der Waals surface area contributed by atoms with E-state index >= 15 is 0 Å². The number of aliphatic carboxylic acids is 1. The molecule has 0 saturated heterocycles. The van der Waals surface area contributed by atoms with Crippen molar-refractivity contribution in [2.45, 2.75) is 25.4 Å². The van der Waals surface area contributed by atoms with Crippen LogP contribution in [0.25, 0.3) is 11.6 Å². The number of benzene rings is 4. The van der Waals surface area contributed by atoms with Gasteiger partial charge in [0.25, 0.3) is 5.91 Å². The number of carbonyl (C=O) groups excluding carboxylic acids is 2. The first-order valence-electron chi connectivity index (χ1n) is 13.4. The average Bonchev–Trinajstić information content (AvgIpc) is 2.99. The van der Waals surface area contributed by atoms with Crippen molar-refractivity contribution in [3.8, 4) is 0 Å². The summed E-state index contributed by atoms with van der Waals surface area (Å²) in [7, 11) is 0. The molecule has 0 heterocycles. The van der Waals surface area contributed by atoms with Gasteiger partial charge >= 0.3 is 5.97 Å². The zero-order chi connectivity index (χ0) is 28.5. The van der Waals surface area contributed by atoms with E-state index in [2.05, 4.69) is 11.4 Å². The van der Waals surface area contributed by atoms with Crippen molar-refractivity contribution in [1.29, 1.82) is 0 Å². The number of ketones is 1. The van der Waals surface area contributed by atoms with E-state index < -0.39 is 18.7 Å². The Morgan fingerprint density at radius 3 is 2.37 bits per heavy atom. The van der Waals surface area contributed by atoms with Gasteiger partial charge in [0.05, 0.1) is 10.6 Å². The van der Waals surface area contributed by atoms with Gasteiger partial charge in [0.15, 0.2) is 5.78 Å². The van der Waals surface area contributed by atoms with E-state index in [0.717, 1.165) is 50.4 Å². The molecule has 0 radical (unpaired) electrons. The molecule has 1 atom stereocenters. The molecule has 2 N–H and O–H groups in total. The van der Waals surface area contributed by atoms with Crippen LogP contribution < -0.4 is 15.8 Å². The molecule has 0 aromatic heterocycles. The van der Waals surface area contributed by atoms with E-state index in [1.807, 2.05) is 36.4 Å². The molecule has 0 spiro atoms. The lowest BCUT2D eigenvalue weighted by Gasteiger charge is -2.25. The number of halogens is 1. The molecule has 7 heteroatoms. The quantitative estimate of drug-likeness (QED) is 0.302. The number of Topliss-reactive ketones (excluding diaryl/α,β-unsaturated/α-hetero) is 1. The molecule has 6 nitrogen and oxygen atoms in total. The predicted octanol–water partition coefficient (Wildman–Crippen LogP) is 5.19. The van der Waals surface area contributed by atoms with Crippen LogP contribution >= 0.6 is 11.6 Å². The second kappa shape index (κ2) is 11.2. The number of amides is 1. The highest BCUT2D eigenvalue weighted by Crippen LogP contribution is 2.30. The van der Waals surface area contributed by atoms with Crippen molar-refractivity contribution in [2.24, 2.45) is 0 Å². The molecule has 0 saturated carbocycles. The summed E-state index contributed by atoms with van der Waals surface area (Å²) in [6.45, 7) is -0.415. The van der Waals surface area contributed by atoms with Gasteiger partial charge < -0.3 is 15.2 Å². The largest absolute Gasteiger partial charge is 0.480 e. The summed E-state index contributed by atoms with van der Waals surface area (Å²) >= 11 is 6.14. The molecule has 0 bridgehead atoms. The number of rotatable bonds is 7. The van der Waals surface area contributed by atoms with Crippen molar-refractivity contribution in [1.82, 2.24) is 0 Å². The number of carboxylic acid groups (broad SMARTS) is 1. The maximum absolute atomic E-state index is 13.8. The first-order valence-corrected chi connectivity index (χ1v) is 13.8. The normalized spacial score (nSPS) is 15.1. The smallest absolute Gasteiger partial charge is 0.329 e. The van der Waals surface area contributed by atoms with Crippen LogP contribution in [-0.2, 0) is 16.0 Å². The average molecular weight is 564 g/mol. The molecule has 204 valence electrons. The minimum Gasteiger partial charge on any atom is -0.480 e. The van der Waals surface area contributed by atoms with E-state index in [9.17, 15) is 19.5 Å². The fourth-order valence-corrected chi connectivity index (χ4v) is 5.96. The minimum absolute atomic E-state index is 0.0712. The molecule has 4 aromatic carbocycles. The Balaban J connectivity index is 1.38. The highest BCUT2D eigenvalue weighted by atomic mass is 35.5. The molecule has 0 fully saturated rings. The molecule has 0 aliphatic heterocycles. The van der Waals surface area contributed by atoms with Crippen molar-refractivity contribution in [2.75, 3.05) is 11.9 Å². The summed E-state index contributed by atoms with van der Waals surface area (Å²) < 4.78 is 5.87. The Morgan fingerprint density at radius 1 is 0.854 bits per heavy atom. The summed E-state index contributed by atoms with van der Waals surface area (Å²) in [5.41, 5.74) is 4.14. The van der Waals surface area contributed by atoms with Crippen molar-refractivity contribution < 1.29 is 24.2 Å². The van der Waals surface area contributed by atoms with E-state index in [-0.39, 0.29) is 11.7 Å². The Hall–Kier alpha value is -4.52. The van der Waals surface area contributed by atoms with Crippen LogP contribution in [0.5, 0.6) is 0 Å². The highest BCUT2D eigenvalue weighted by molar-refractivity contribution is 6.34. The first kappa shape index (κ1) is 26.7. The monoisotopic (exact) mass is 563 g/mol. The Kier molecular flexibility index (Phi) is 7.26. The Bertz CT molecular complexity index is 1930. The van der Waals surface area contributed by atoms with Gasteiger partial charge in [-0.05, 0) is 93.7 Å². The minimum atomic E-state index is -1.03. The van der Waals surface area contributed by atoms with Gasteiger partial charge in [-0.2, -0.15) is 0 Å². The second-order valence-electron chi connectivity index (χ2n) is 10.1. The van der Waals surface area contributed by atoms with Crippen LogP contribution in [0.15, 0.2) is 84.9 Å². The molecule has 1 unspecified atom stereocenters. The maximum Gasteiger partial charge on any atom is 0.329 e. The molecular weight excluding hydrogens is 538 g/mol. The topological polar surface area (TPSA) is 92.7 Å². The van der Waals surface area contributed by atoms with E-state index in [1.54, 1.807) is 48.5 Å².